The summed E-state index contributed by atoms with van der Waals surface area (Å²) in [5.41, 5.74) is 2.66. The van der Waals surface area contributed by atoms with Crippen molar-refractivity contribution in [1.29, 1.82) is 0 Å². The first kappa shape index (κ1) is 17.6. The van der Waals surface area contributed by atoms with E-state index in [1.54, 1.807) is 0 Å². The SMILES string of the molecule is CC1=CC(C(=C(C)C)C2CCC(=O)OC2=O)C2C(=O)OC(=O)C2C1C. The average molecular weight is 346 g/mol. The molecule has 0 aromatic rings. The summed E-state index contributed by atoms with van der Waals surface area (Å²) in [6.45, 7) is 7.58. The fraction of sp³-hybridized carbons (Fsp3) is 0.579. The normalized spacial score (nSPS) is 34.9. The molecule has 0 aromatic carbocycles. The van der Waals surface area contributed by atoms with Crippen molar-refractivity contribution in [1.82, 2.24) is 0 Å². The zero-order chi connectivity index (χ0) is 18.5. The van der Waals surface area contributed by atoms with Gasteiger partial charge in [-0.1, -0.05) is 24.1 Å². The summed E-state index contributed by atoms with van der Waals surface area (Å²) in [6.07, 6.45) is 2.49. The van der Waals surface area contributed by atoms with Crippen LogP contribution in [0.4, 0.5) is 0 Å². The predicted octanol–water partition coefficient (Wildman–Crippen LogP) is 2.33. The van der Waals surface area contributed by atoms with Crippen LogP contribution in [0.25, 0.3) is 0 Å². The quantitative estimate of drug-likeness (QED) is 0.433. The molecule has 0 bridgehead atoms. The van der Waals surface area contributed by atoms with E-state index < -0.39 is 47.5 Å². The van der Waals surface area contributed by atoms with Crippen LogP contribution >= 0.6 is 0 Å². The molecule has 3 aliphatic rings. The number of allylic oxidation sites excluding steroid dienone is 3. The molecule has 2 aliphatic heterocycles. The number of carbonyl (C=O) groups is 4. The summed E-state index contributed by atoms with van der Waals surface area (Å²) < 4.78 is 9.73. The van der Waals surface area contributed by atoms with Gasteiger partial charge in [-0.15, -0.1) is 0 Å². The van der Waals surface area contributed by atoms with Gasteiger partial charge in [0.2, 0.25) is 0 Å². The molecule has 5 atom stereocenters. The second kappa shape index (κ2) is 6.24. The Balaban J connectivity index is 2.06. The van der Waals surface area contributed by atoms with Crippen LogP contribution in [0.15, 0.2) is 22.8 Å². The van der Waals surface area contributed by atoms with Crippen LogP contribution in [0.1, 0.15) is 40.5 Å². The van der Waals surface area contributed by atoms with Crippen molar-refractivity contribution >= 4 is 23.9 Å². The lowest BCUT2D eigenvalue weighted by molar-refractivity contribution is -0.166. The van der Waals surface area contributed by atoms with Gasteiger partial charge >= 0.3 is 23.9 Å². The van der Waals surface area contributed by atoms with Gasteiger partial charge in [-0.2, -0.15) is 0 Å². The van der Waals surface area contributed by atoms with E-state index in [4.69, 9.17) is 9.47 Å². The van der Waals surface area contributed by atoms with Gasteiger partial charge < -0.3 is 9.47 Å². The maximum Gasteiger partial charge on any atom is 0.320 e. The lowest BCUT2D eigenvalue weighted by atomic mass is 9.64. The predicted molar refractivity (Wildman–Crippen MR) is 86.7 cm³/mol. The van der Waals surface area contributed by atoms with E-state index in [2.05, 4.69) is 0 Å². The number of hydrogen-bond acceptors (Lipinski definition) is 6. The number of carbonyl (C=O) groups excluding carboxylic acids is 4. The average Bonchev–Trinajstić information content (AvgIpc) is 2.81. The van der Waals surface area contributed by atoms with Gasteiger partial charge in [-0.05, 0) is 38.7 Å². The van der Waals surface area contributed by atoms with Crippen molar-refractivity contribution in [3.63, 3.8) is 0 Å². The lowest BCUT2D eigenvalue weighted by Gasteiger charge is -2.37. The van der Waals surface area contributed by atoms with Gasteiger partial charge in [-0.3, -0.25) is 19.2 Å². The molecular weight excluding hydrogens is 324 g/mol. The molecule has 0 amide bonds. The fourth-order valence-electron chi connectivity index (χ4n) is 4.33. The maximum atomic E-state index is 12.4. The van der Waals surface area contributed by atoms with E-state index in [1.165, 1.54) is 0 Å². The van der Waals surface area contributed by atoms with E-state index in [0.29, 0.717) is 6.42 Å². The highest BCUT2D eigenvalue weighted by atomic mass is 16.6. The van der Waals surface area contributed by atoms with E-state index in [0.717, 1.165) is 16.7 Å². The van der Waals surface area contributed by atoms with Crippen LogP contribution in [0, 0.1) is 29.6 Å². The molecule has 6 nitrogen and oxygen atoms in total. The molecule has 1 aliphatic carbocycles. The van der Waals surface area contributed by atoms with Crippen molar-refractivity contribution in [3.8, 4) is 0 Å². The molecule has 2 heterocycles. The Bertz CT molecular complexity index is 724. The smallest absolute Gasteiger partial charge is 0.320 e. The maximum absolute atomic E-state index is 12.4. The number of ether oxygens (including phenoxy) is 2. The number of rotatable bonds is 2. The van der Waals surface area contributed by atoms with Crippen LogP contribution in [0.3, 0.4) is 0 Å². The molecule has 25 heavy (non-hydrogen) atoms. The highest BCUT2D eigenvalue weighted by Crippen LogP contribution is 2.48. The van der Waals surface area contributed by atoms with Gasteiger partial charge in [0.25, 0.3) is 0 Å². The Morgan fingerprint density at radius 1 is 1.00 bits per heavy atom. The van der Waals surface area contributed by atoms with E-state index in [-0.39, 0.29) is 12.3 Å². The van der Waals surface area contributed by atoms with Crippen LogP contribution in [-0.2, 0) is 28.7 Å². The van der Waals surface area contributed by atoms with Gasteiger partial charge in [0.05, 0.1) is 17.8 Å². The second-order valence-corrected chi connectivity index (χ2v) is 7.36. The van der Waals surface area contributed by atoms with Gasteiger partial charge in [0.15, 0.2) is 0 Å². The third-order valence-corrected chi connectivity index (χ3v) is 5.67. The van der Waals surface area contributed by atoms with Crippen LogP contribution in [0.2, 0.25) is 0 Å². The topological polar surface area (TPSA) is 86.7 Å². The minimum atomic E-state index is -0.624. The molecule has 5 unspecified atom stereocenters. The second-order valence-electron chi connectivity index (χ2n) is 7.36. The summed E-state index contributed by atoms with van der Waals surface area (Å²) in [7, 11) is 0. The van der Waals surface area contributed by atoms with E-state index in [9.17, 15) is 19.2 Å². The summed E-state index contributed by atoms with van der Waals surface area (Å²) >= 11 is 0. The van der Waals surface area contributed by atoms with Crippen molar-refractivity contribution < 1.29 is 28.7 Å². The largest absolute Gasteiger partial charge is 0.393 e. The highest BCUT2D eigenvalue weighted by Gasteiger charge is 2.54. The molecule has 6 heteroatoms. The Kier molecular flexibility index (Phi) is 4.39. The van der Waals surface area contributed by atoms with Crippen LogP contribution in [-0.4, -0.2) is 23.9 Å². The van der Waals surface area contributed by atoms with Crippen molar-refractivity contribution in [3.05, 3.63) is 22.8 Å². The molecule has 0 spiro atoms. The number of esters is 4. The Morgan fingerprint density at radius 2 is 1.64 bits per heavy atom. The third-order valence-electron chi connectivity index (χ3n) is 5.67. The standard InChI is InChI=1S/C19H22O6/c1-8(2)14(11-5-6-13(20)24-17(11)21)12-7-9(3)10(4)15-16(12)19(23)25-18(15)22/h7,10-12,15-16H,5-6H2,1-4H3. The van der Waals surface area contributed by atoms with Gasteiger partial charge in [-0.25, -0.2) is 0 Å². The molecular formula is C19H22O6. The molecule has 134 valence electrons. The van der Waals surface area contributed by atoms with Crippen molar-refractivity contribution in [2.24, 2.45) is 29.6 Å². The molecule has 2 fully saturated rings. The Morgan fingerprint density at radius 3 is 2.24 bits per heavy atom. The van der Waals surface area contributed by atoms with E-state index >= 15 is 0 Å². The first-order valence-corrected chi connectivity index (χ1v) is 8.58. The summed E-state index contributed by atoms with van der Waals surface area (Å²) in [5.74, 6) is -4.33. The van der Waals surface area contributed by atoms with Crippen LogP contribution < -0.4 is 0 Å². The van der Waals surface area contributed by atoms with E-state index in [1.807, 2.05) is 33.8 Å². The first-order valence-electron chi connectivity index (χ1n) is 8.58. The number of cyclic esters (lactones) is 4. The number of hydrogen-bond donors (Lipinski definition) is 0. The lowest BCUT2D eigenvalue weighted by Crippen LogP contribution is -2.39. The van der Waals surface area contributed by atoms with Crippen LogP contribution in [0.5, 0.6) is 0 Å². The molecule has 0 aromatic heterocycles. The summed E-state index contributed by atoms with van der Waals surface area (Å²) in [6, 6.07) is 0. The fourth-order valence-corrected chi connectivity index (χ4v) is 4.33. The van der Waals surface area contributed by atoms with Gasteiger partial charge in [0.1, 0.15) is 0 Å². The minimum absolute atomic E-state index is 0.0847. The van der Waals surface area contributed by atoms with Crippen molar-refractivity contribution in [2.45, 2.75) is 40.5 Å². The zero-order valence-electron chi connectivity index (χ0n) is 14.8. The summed E-state index contributed by atoms with van der Waals surface area (Å²) in [4.78, 5) is 48.2. The van der Waals surface area contributed by atoms with Crippen molar-refractivity contribution in [2.75, 3.05) is 0 Å². The third kappa shape index (κ3) is 2.83. The highest BCUT2D eigenvalue weighted by molar-refractivity contribution is 5.98. The monoisotopic (exact) mass is 346 g/mol. The molecule has 0 saturated carbocycles. The molecule has 0 radical (unpaired) electrons. The first-order chi connectivity index (χ1) is 11.7. The Labute approximate surface area is 146 Å². The zero-order valence-corrected chi connectivity index (χ0v) is 14.8. The molecule has 0 N–H and O–H groups in total. The Hall–Kier alpha value is -2.24. The van der Waals surface area contributed by atoms with Gasteiger partial charge in [0, 0.05) is 12.3 Å². The number of fused-ring (bicyclic) bond motifs is 1. The molecule has 3 rings (SSSR count). The minimum Gasteiger partial charge on any atom is -0.393 e. The summed E-state index contributed by atoms with van der Waals surface area (Å²) in [5, 5.41) is 0. The molecule has 2 saturated heterocycles.